The van der Waals surface area contributed by atoms with Gasteiger partial charge in [-0.05, 0) is 55.7 Å². The van der Waals surface area contributed by atoms with Gasteiger partial charge in [-0.1, -0.05) is 81.8 Å². The van der Waals surface area contributed by atoms with E-state index in [2.05, 4.69) is 91.0 Å². The number of Topliss-reactive ketones (excluding diaryl/α,β-unsaturated/α-hetero) is 1. The molecule has 1 nitrogen and oxygen atoms in total. The van der Waals surface area contributed by atoms with E-state index >= 15 is 0 Å². The molecule has 0 unspecified atom stereocenters. The van der Waals surface area contributed by atoms with Gasteiger partial charge in [-0.3, -0.25) is 4.79 Å². The van der Waals surface area contributed by atoms with Crippen LogP contribution in [0, 0.1) is 5.41 Å². The predicted octanol–water partition coefficient (Wildman–Crippen LogP) is 6.55. The quantitative estimate of drug-likeness (QED) is 0.263. The van der Waals surface area contributed by atoms with Crippen molar-refractivity contribution >= 4 is 29.0 Å². The smallest absolute Gasteiger partial charge is 0.138 e. The number of carbonyl (C=O) groups is 1. The molecule has 2 heteroatoms. The maximum atomic E-state index is 12.2. The van der Waals surface area contributed by atoms with Gasteiger partial charge in [0.05, 0.1) is 6.16 Å². The Morgan fingerprint density at radius 1 is 0.613 bits per heavy atom. The third-order valence-electron chi connectivity index (χ3n) is 6.07. The summed E-state index contributed by atoms with van der Waals surface area (Å²) in [6.45, 7) is 6.06. The minimum atomic E-state index is -1.71. The fraction of sp³-hybridized carbons (Fsp3) is 0.345. The zero-order valence-electron chi connectivity index (χ0n) is 19.3. The normalized spacial score (nSPS) is 12.0. The van der Waals surface area contributed by atoms with Gasteiger partial charge >= 0.3 is 0 Å². The fourth-order valence-corrected chi connectivity index (χ4v) is 8.66. The lowest BCUT2D eigenvalue weighted by Crippen LogP contribution is -2.33. The number of hydrogen-bond donors (Lipinski definition) is 0. The minimum Gasteiger partial charge on any atom is -0.299 e. The zero-order valence-corrected chi connectivity index (χ0v) is 20.2. The van der Waals surface area contributed by atoms with E-state index in [1.165, 1.54) is 28.8 Å². The van der Waals surface area contributed by atoms with Gasteiger partial charge in [0.25, 0.3) is 0 Å². The van der Waals surface area contributed by atoms with Crippen molar-refractivity contribution in [1.82, 2.24) is 0 Å². The van der Waals surface area contributed by atoms with Crippen molar-refractivity contribution in [1.29, 1.82) is 0 Å². The summed E-state index contributed by atoms with van der Waals surface area (Å²) in [5.74, 6) is 0.382. The Bertz CT molecular complexity index is 830. The van der Waals surface area contributed by atoms with Gasteiger partial charge in [-0.2, -0.15) is 0 Å². The second-order valence-electron chi connectivity index (χ2n) is 9.38. The van der Waals surface area contributed by atoms with Crippen LogP contribution in [0.1, 0.15) is 52.9 Å². The average molecular weight is 432 g/mol. The van der Waals surface area contributed by atoms with E-state index in [9.17, 15) is 4.79 Å². The Balaban J connectivity index is 1.81. The molecule has 0 bridgehead atoms. The lowest BCUT2D eigenvalue weighted by atomic mass is 9.88. The molecule has 0 amide bonds. The summed E-state index contributed by atoms with van der Waals surface area (Å²) < 4.78 is 0. The topological polar surface area (TPSA) is 17.1 Å². The molecular formula is C29H36OP+. The first-order valence-corrected chi connectivity index (χ1v) is 13.5. The van der Waals surface area contributed by atoms with Gasteiger partial charge in [0.1, 0.15) is 29.0 Å². The second-order valence-corrected chi connectivity index (χ2v) is 13.0. The Hall–Kier alpha value is -2.24. The zero-order chi connectivity index (χ0) is 22.2. The van der Waals surface area contributed by atoms with Crippen LogP contribution >= 0.6 is 7.26 Å². The molecule has 3 aromatic rings. The first-order chi connectivity index (χ1) is 14.9. The number of benzene rings is 3. The molecule has 0 N–H and O–H groups in total. The molecule has 0 saturated carbocycles. The summed E-state index contributed by atoms with van der Waals surface area (Å²) in [6, 6.07) is 33.3. The van der Waals surface area contributed by atoms with E-state index in [1.54, 1.807) is 0 Å². The summed E-state index contributed by atoms with van der Waals surface area (Å²) in [4.78, 5) is 12.2. The summed E-state index contributed by atoms with van der Waals surface area (Å²) in [5.41, 5.74) is -0.214. The van der Waals surface area contributed by atoms with Gasteiger partial charge in [0, 0.05) is 11.8 Å². The Morgan fingerprint density at radius 3 is 1.39 bits per heavy atom. The molecule has 0 aliphatic rings. The van der Waals surface area contributed by atoms with Crippen LogP contribution in [0.15, 0.2) is 91.0 Å². The first kappa shape index (κ1) is 23.4. The second kappa shape index (κ2) is 10.9. The maximum Gasteiger partial charge on any atom is 0.138 e. The molecule has 3 rings (SSSR count). The Kier molecular flexibility index (Phi) is 8.22. The van der Waals surface area contributed by atoms with Crippen LogP contribution in [-0.4, -0.2) is 11.9 Å². The number of ketones is 1. The largest absolute Gasteiger partial charge is 0.299 e. The van der Waals surface area contributed by atoms with Crippen LogP contribution in [0.5, 0.6) is 0 Å². The lowest BCUT2D eigenvalue weighted by molar-refractivity contribution is -0.126. The Morgan fingerprint density at radius 2 is 1.00 bits per heavy atom. The van der Waals surface area contributed by atoms with Crippen molar-refractivity contribution in [3.8, 4) is 0 Å². The van der Waals surface area contributed by atoms with E-state index in [0.717, 1.165) is 19.0 Å². The number of unbranched alkanes of at least 4 members (excludes halogenated alkanes) is 3. The van der Waals surface area contributed by atoms with Crippen molar-refractivity contribution in [3.63, 3.8) is 0 Å². The highest BCUT2D eigenvalue weighted by atomic mass is 31.2. The third kappa shape index (κ3) is 5.92. The molecule has 0 aromatic heterocycles. The van der Waals surface area contributed by atoms with Crippen LogP contribution in [0.4, 0.5) is 0 Å². The summed E-state index contributed by atoms with van der Waals surface area (Å²) in [6.07, 6.45) is 6.35. The molecule has 0 fully saturated rings. The van der Waals surface area contributed by atoms with E-state index in [1.807, 2.05) is 20.8 Å². The van der Waals surface area contributed by atoms with E-state index in [-0.39, 0.29) is 5.41 Å². The summed E-state index contributed by atoms with van der Waals surface area (Å²) in [7, 11) is -1.71. The van der Waals surface area contributed by atoms with Crippen LogP contribution in [0.2, 0.25) is 0 Å². The highest BCUT2D eigenvalue weighted by molar-refractivity contribution is 7.95. The van der Waals surface area contributed by atoms with Gasteiger partial charge in [0.2, 0.25) is 0 Å². The molecule has 0 aliphatic heterocycles. The van der Waals surface area contributed by atoms with Crippen LogP contribution in [-0.2, 0) is 4.79 Å². The average Bonchev–Trinajstić information content (AvgIpc) is 2.80. The van der Waals surface area contributed by atoms with Crippen LogP contribution in [0.3, 0.4) is 0 Å². The van der Waals surface area contributed by atoms with E-state index in [4.69, 9.17) is 0 Å². The van der Waals surface area contributed by atoms with Crippen molar-refractivity contribution in [3.05, 3.63) is 91.0 Å². The molecule has 0 saturated heterocycles. The molecule has 0 heterocycles. The Labute approximate surface area is 189 Å². The number of rotatable bonds is 10. The van der Waals surface area contributed by atoms with Crippen molar-refractivity contribution in [2.45, 2.75) is 52.9 Å². The predicted molar refractivity (Wildman–Crippen MR) is 138 cm³/mol. The SMILES string of the molecule is CC(C)(C)C(=O)CCCCCC[P+](c1ccccc1)(c1ccccc1)c1ccccc1. The van der Waals surface area contributed by atoms with Gasteiger partial charge in [-0.15, -0.1) is 0 Å². The van der Waals surface area contributed by atoms with Crippen molar-refractivity contribution in [2.24, 2.45) is 5.41 Å². The van der Waals surface area contributed by atoms with E-state index in [0.29, 0.717) is 12.2 Å². The highest BCUT2D eigenvalue weighted by Gasteiger charge is 2.44. The molecular weight excluding hydrogens is 395 g/mol. The van der Waals surface area contributed by atoms with Crippen molar-refractivity contribution < 1.29 is 4.79 Å². The standard InChI is InChI=1S/C29H36OP/c1-29(2,3)28(30)23-15-4-5-16-24-31(25-17-9-6-10-18-25,26-19-11-7-12-20-26)27-21-13-8-14-22-27/h6-14,17-22H,4-5,15-16,23-24H2,1-3H3/q+1. The molecule has 0 aliphatic carbocycles. The van der Waals surface area contributed by atoms with Crippen LogP contribution < -0.4 is 15.9 Å². The third-order valence-corrected chi connectivity index (χ3v) is 10.6. The molecule has 31 heavy (non-hydrogen) atoms. The lowest BCUT2D eigenvalue weighted by Gasteiger charge is -2.27. The van der Waals surface area contributed by atoms with Gasteiger partial charge in [-0.25, -0.2) is 0 Å². The maximum absolute atomic E-state index is 12.2. The van der Waals surface area contributed by atoms with Gasteiger partial charge < -0.3 is 0 Å². The monoisotopic (exact) mass is 431 g/mol. The first-order valence-electron chi connectivity index (χ1n) is 11.5. The van der Waals surface area contributed by atoms with Gasteiger partial charge in [0.15, 0.2) is 0 Å². The molecule has 0 radical (unpaired) electrons. The van der Waals surface area contributed by atoms with Crippen LogP contribution in [0.25, 0.3) is 0 Å². The minimum absolute atomic E-state index is 0.214. The summed E-state index contributed by atoms with van der Waals surface area (Å²) >= 11 is 0. The molecule has 0 atom stereocenters. The summed E-state index contributed by atoms with van der Waals surface area (Å²) in [5, 5.41) is 4.36. The highest BCUT2D eigenvalue weighted by Crippen LogP contribution is 2.55. The number of carbonyl (C=O) groups excluding carboxylic acids is 1. The molecule has 3 aromatic carbocycles. The molecule has 0 spiro atoms. The fourth-order valence-electron chi connectivity index (χ4n) is 4.25. The molecule has 162 valence electrons. The van der Waals surface area contributed by atoms with Crippen molar-refractivity contribution in [2.75, 3.05) is 6.16 Å². The van der Waals surface area contributed by atoms with E-state index < -0.39 is 7.26 Å². The number of hydrogen-bond acceptors (Lipinski definition) is 1.